The highest BCUT2D eigenvalue weighted by atomic mass is 16.5. The second-order valence-corrected chi connectivity index (χ2v) is 4.78. The molecular weight excluding hydrogens is 232 g/mol. The van der Waals surface area contributed by atoms with Gasteiger partial charge in [0.15, 0.2) is 0 Å². The summed E-state index contributed by atoms with van der Waals surface area (Å²) < 4.78 is 5.69. The van der Waals surface area contributed by atoms with Gasteiger partial charge >= 0.3 is 0 Å². The Morgan fingerprint density at radius 1 is 1.56 bits per heavy atom. The first-order valence-corrected chi connectivity index (χ1v) is 5.60. The molecule has 2 atom stereocenters. The lowest BCUT2D eigenvalue weighted by molar-refractivity contribution is -0.114. The van der Waals surface area contributed by atoms with Gasteiger partial charge in [-0.1, -0.05) is 0 Å². The predicted octanol–water partition coefficient (Wildman–Crippen LogP) is 0.877. The van der Waals surface area contributed by atoms with Gasteiger partial charge in [-0.3, -0.25) is 4.79 Å². The van der Waals surface area contributed by atoms with E-state index in [4.69, 9.17) is 10.00 Å². The van der Waals surface area contributed by atoms with E-state index in [1.807, 2.05) is 6.07 Å². The van der Waals surface area contributed by atoms with E-state index in [1.54, 1.807) is 32.0 Å². The predicted molar refractivity (Wildman–Crippen MR) is 63.8 cm³/mol. The molecule has 1 aliphatic rings. The van der Waals surface area contributed by atoms with Gasteiger partial charge in [0.25, 0.3) is 0 Å². The number of amides is 1. The highest BCUT2D eigenvalue weighted by molar-refractivity contribution is 5.52. The number of rotatable bonds is 2. The Balaban J connectivity index is 2.53. The van der Waals surface area contributed by atoms with Crippen molar-refractivity contribution in [1.82, 2.24) is 5.32 Å². The second kappa shape index (κ2) is 4.31. The van der Waals surface area contributed by atoms with Crippen molar-refractivity contribution in [2.75, 3.05) is 0 Å². The van der Waals surface area contributed by atoms with E-state index in [0.29, 0.717) is 23.3 Å². The van der Waals surface area contributed by atoms with Crippen LogP contribution in [-0.4, -0.2) is 23.2 Å². The summed E-state index contributed by atoms with van der Waals surface area (Å²) in [6, 6.07) is 6.39. The molecule has 0 aliphatic carbocycles. The van der Waals surface area contributed by atoms with Crippen LogP contribution < -0.4 is 10.1 Å². The van der Waals surface area contributed by atoms with Crippen LogP contribution in [0.25, 0.3) is 0 Å². The fourth-order valence-corrected chi connectivity index (χ4v) is 2.12. The zero-order valence-corrected chi connectivity index (χ0v) is 10.2. The van der Waals surface area contributed by atoms with Crippen LogP contribution in [0.5, 0.6) is 5.75 Å². The van der Waals surface area contributed by atoms with Gasteiger partial charge in [-0.05, 0) is 32.0 Å². The van der Waals surface area contributed by atoms with Gasteiger partial charge in [0.1, 0.15) is 17.5 Å². The van der Waals surface area contributed by atoms with E-state index in [0.717, 1.165) is 0 Å². The molecule has 5 heteroatoms. The van der Waals surface area contributed by atoms with E-state index in [9.17, 15) is 9.90 Å². The van der Waals surface area contributed by atoms with E-state index >= 15 is 0 Å². The summed E-state index contributed by atoms with van der Waals surface area (Å²) in [6.45, 7) is 3.50. The molecule has 0 unspecified atom stereocenters. The Bertz CT molecular complexity index is 519. The van der Waals surface area contributed by atoms with Gasteiger partial charge in [0.05, 0.1) is 17.7 Å². The van der Waals surface area contributed by atoms with Crippen molar-refractivity contribution >= 4 is 6.41 Å². The summed E-state index contributed by atoms with van der Waals surface area (Å²) >= 11 is 0. The summed E-state index contributed by atoms with van der Waals surface area (Å²) in [5.41, 5.74) is 0.275. The third-order valence-electron chi connectivity index (χ3n) is 3.12. The van der Waals surface area contributed by atoms with Crippen molar-refractivity contribution in [3.63, 3.8) is 0 Å². The Labute approximate surface area is 105 Å². The van der Waals surface area contributed by atoms with Crippen LogP contribution in [0.2, 0.25) is 0 Å². The van der Waals surface area contributed by atoms with Crippen molar-refractivity contribution in [2.45, 2.75) is 31.6 Å². The largest absolute Gasteiger partial charge is 0.485 e. The van der Waals surface area contributed by atoms with Gasteiger partial charge in [-0.2, -0.15) is 5.26 Å². The average molecular weight is 246 g/mol. The number of aliphatic hydroxyl groups is 1. The summed E-state index contributed by atoms with van der Waals surface area (Å²) in [4.78, 5) is 10.7. The number of hydrogen-bond acceptors (Lipinski definition) is 4. The lowest BCUT2D eigenvalue weighted by atomic mass is 9.86. The lowest BCUT2D eigenvalue weighted by Crippen LogP contribution is -2.52. The standard InChI is InChI=1S/C13H14N2O3/c1-13(2)12(17)11(15-7-16)9-5-8(6-14)3-4-10(9)18-13/h3-5,7,11-12,17H,1-2H3,(H,15,16)/t11-,12+/m0/s1. The molecule has 0 radical (unpaired) electrons. The minimum atomic E-state index is -0.885. The van der Waals surface area contributed by atoms with Crippen LogP contribution in [-0.2, 0) is 4.79 Å². The number of nitriles is 1. The molecule has 1 aliphatic heterocycles. The summed E-state index contributed by atoms with van der Waals surface area (Å²) in [5.74, 6) is 0.573. The summed E-state index contributed by atoms with van der Waals surface area (Å²) in [7, 11) is 0. The van der Waals surface area contributed by atoms with Crippen molar-refractivity contribution < 1.29 is 14.6 Å². The van der Waals surface area contributed by atoms with Crippen molar-refractivity contribution in [3.8, 4) is 11.8 Å². The fourth-order valence-electron chi connectivity index (χ4n) is 2.12. The third kappa shape index (κ3) is 1.91. The second-order valence-electron chi connectivity index (χ2n) is 4.78. The first-order chi connectivity index (χ1) is 8.49. The summed E-state index contributed by atoms with van der Waals surface area (Å²) in [6.07, 6.45) is -0.345. The topological polar surface area (TPSA) is 82.3 Å². The maximum atomic E-state index is 10.7. The zero-order valence-electron chi connectivity index (χ0n) is 10.2. The first kappa shape index (κ1) is 12.4. The molecule has 0 fully saturated rings. The van der Waals surface area contributed by atoms with Gasteiger partial charge < -0.3 is 15.2 Å². The minimum Gasteiger partial charge on any atom is -0.485 e. The SMILES string of the molecule is CC1(C)Oc2ccc(C#N)cc2[C@H](NC=O)[C@H]1O. The first-order valence-electron chi connectivity index (χ1n) is 5.60. The quantitative estimate of drug-likeness (QED) is 0.759. The molecule has 1 aromatic rings. The molecule has 0 spiro atoms. The Hall–Kier alpha value is -2.06. The number of carbonyl (C=O) groups excluding carboxylic acids is 1. The molecule has 2 N–H and O–H groups in total. The molecule has 2 rings (SSSR count). The number of aliphatic hydroxyl groups excluding tert-OH is 1. The smallest absolute Gasteiger partial charge is 0.207 e. The van der Waals surface area contributed by atoms with Crippen molar-refractivity contribution in [2.24, 2.45) is 0 Å². The van der Waals surface area contributed by atoms with E-state index in [-0.39, 0.29) is 0 Å². The highest BCUT2D eigenvalue weighted by Gasteiger charge is 2.42. The molecule has 0 aromatic heterocycles. The lowest BCUT2D eigenvalue weighted by Gasteiger charge is -2.41. The number of nitrogens with zero attached hydrogens (tertiary/aromatic N) is 1. The molecule has 0 saturated heterocycles. The van der Waals surface area contributed by atoms with Crippen LogP contribution in [0, 0.1) is 11.3 Å². The van der Waals surface area contributed by atoms with Crippen LogP contribution in [0.15, 0.2) is 18.2 Å². The number of benzene rings is 1. The molecule has 18 heavy (non-hydrogen) atoms. The van der Waals surface area contributed by atoms with Gasteiger partial charge in [0, 0.05) is 5.56 Å². The van der Waals surface area contributed by atoms with Crippen molar-refractivity contribution in [3.05, 3.63) is 29.3 Å². The molecule has 0 saturated carbocycles. The molecule has 0 bridgehead atoms. The zero-order chi connectivity index (χ0) is 13.3. The van der Waals surface area contributed by atoms with Gasteiger partial charge in [-0.15, -0.1) is 0 Å². The monoisotopic (exact) mass is 246 g/mol. The molecule has 1 amide bonds. The van der Waals surface area contributed by atoms with Crippen LogP contribution in [0.3, 0.4) is 0 Å². The maximum Gasteiger partial charge on any atom is 0.207 e. The minimum absolute atomic E-state index is 0.460. The van der Waals surface area contributed by atoms with Gasteiger partial charge in [-0.25, -0.2) is 0 Å². The maximum absolute atomic E-state index is 10.7. The molecule has 1 heterocycles. The number of ether oxygens (including phenoxy) is 1. The third-order valence-corrected chi connectivity index (χ3v) is 3.12. The summed E-state index contributed by atoms with van der Waals surface area (Å²) in [5, 5.41) is 21.7. The number of carbonyl (C=O) groups is 1. The van der Waals surface area contributed by atoms with Crippen LogP contribution >= 0.6 is 0 Å². The molecule has 5 nitrogen and oxygen atoms in total. The fraction of sp³-hybridized carbons (Fsp3) is 0.385. The van der Waals surface area contributed by atoms with E-state index in [1.165, 1.54) is 0 Å². The Kier molecular flexibility index (Phi) is 2.97. The molecule has 94 valence electrons. The number of fused-ring (bicyclic) bond motifs is 1. The normalized spacial score (nSPS) is 24.3. The van der Waals surface area contributed by atoms with Crippen LogP contribution in [0.1, 0.15) is 31.0 Å². The number of hydrogen-bond donors (Lipinski definition) is 2. The van der Waals surface area contributed by atoms with E-state index < -0.39 is 17.7 Å². The average Bonchev–Trinajstić information content (AvgIpc) is 2.34. The van der Waals surface area contributed by atoms with Crippen LogP contribution in [0.4, 0.5) is 0 Å². The Morgan fingerprint density at radius 3 is 2.89 bits per heavy atom. The molecule has 1 aromatic carbocycles. The number of nitrogens with one attached hydrogen (secondary N) is 1. The highest BCUT2D eigenvalue weighted by Crippen LogP contribution is 2.39. The molecular formula is C13H14N2O3. The van der Waals surface area contributed by atoms with E-state index in [2.05, 4.69) is 5.32 Å². The Morgan fingerprint density at radius 2 is 2.28 bits per heavy atom. The van der Waals surface area contributed by atoms with Gasteiger partial charge in [0.2, 0.25) is 6.41 Å². The van der Waals surface area contributed by atoms with Crippen molar-refractivity contribution in [1.29, 1.82) is 5.26 Å².